The summed E-state index contributed by atoms with van der Waals surface area (Å²) in [6.45, 7) is 4.69. The van der Waals surface area contributed by atoms with Gasteiger partial charge in [-0.2, -0.15) is 5.10 Å². The SMILES string of the molecule is CC1(C)[C@H](CN)[C@H]1c1[nH]ncc1[N+](=O)[O-]. The Morgan fingerprint density at radius 1 is 1.73 bits per heavy atom. The zero-order valence-electron chi connectivity index (χ0n) is 8.73. The van der Waals surface area contributed by atoms with Crippen LogP contribution in [-0.2, 0) is 0 Å². The van der Waals surface area contributed by atoms with Crippen LogP contribution in [0.15, 0.2) is 6.20 Å². The first-order valence-corrected chi connectivity index (χ1v) is 4.88. The highest BCUT2D eigenvalue weighted by molar-refractivity contribution is 5.41. The van der Waals surface area contributed by atoms with E-state index >= 15 is 0 Å². The molecule has 82 valence electrons. The predicted molar refractivity (Wildman–Crippen MR) is 54.3 cm³/mol. The third-order valence-electron chi connectivity index (χ3n) is 3.46. The Morgan fingerprint density at radius 3 is 2.87 bits per heavy atom. The average molecular weight is 210 g/mol. The molecule has 1 aliphatic carbocycles. The molecule has 0 spiro atoms. The molecule has 2 atom stereocenters. The van der Waals surface area contributed by atoms with Crippen LogP contribution in [0.1, 0.15) is 25.5 Å². The first-order chi connectivity index (χ1) is 7.00. The van der Waals surface area contributed by atoms with Gasteiger partial charge in [-0.1, -0.05) is 13.8 Å². The Hall–Kier alpha value is -1.43. The second kappa shape index (κ2) is 3.03. The molecule has 2 rings (SSSR count). The molecule has 1 fully saturated rings. The van der Waals surface area contributed by atoms with Gasteiger partial charge in [-0.05, 0) is 17.9 Å². The van der Waals surface area contributed by atoms with Gasteiger partial charge in [0.15, 0.2) is 0 Å². The van der Waals surface area contributed by atoms with Crippen LogP contribution in [0.2, 0.25) is 0 Å². The third kappa shape index (κ3) is 1.32. The number of hydrogen-bond donors (Lipinski definition) is 2. The molecule has 0 radical (unpaired) electrons. The third-order valence-corrected chi connectivity index (χ3v) is 3.46. The number of aromatic amines is 1. The van der Waals surface area contributed by atoms with Gasteiger partial charge in [0, 0.05) is 5.92 Å². The minimum absolute atomic E-state index is 0.0338. The van der Waals surface area contributed by atoms with Crippen molar-refractivity contribution in [3.05, 3.63) is 22.0 Å². The van der Waals surface area contributed by atoms with Gasteiger partial charge < -0.3 is 5.73 Å². The Morgan fingerprint density at radius 2 is 2.40 bits per heavy atom. The quantitative estimate of drug-likeness (QED) is 0.574. The Kier molecular flexibility index (Phi) is 2.04. The largest absolute Gasteiger partial charge is 0.330 e. The van der Waals surface area contributed by atoms with E-state index in [0.717, 1.165) is 0 Å². The van der Waals surface area contributed by atoms with Gasteiger partial charge >= 0.3 is 5.69 Å². The summed E-state index contributed by atoms with van der Waals surface area (Å²) in [5.41, 5.74) is 6.35. The lowest BCUT2D eigenvalue weighted by Gasteiger charge is -1.99. The van der Waals surface area contributed by atoms with Gasteiger partial charge in [0.25, 0.3) is 0 Å². The number of aromatic nitrogens is 2. The van der Waals surface area contributed by atoms with Gasteiger partial charge in [-0.15, -0.1) is 0 Å². The van der Waals surface area contributed by atoms with E-state index in [1.165, 1.54) is 6.20 Å². The minimum Gasteiger partial charge on any atom is -0.330 e. The topological polar surface area (TPSA) is 97.8 Å². The molecule has 0 saturated heterocycles. The summed E-state index contributed by atoms with van der Waals surface area (Å²) in [6.07, 6.45) is 1.26. The molecule has 0 bridgehead atoms. The van der Waals surface area contributed by atoms with Crippen molar-refractivity contribution >= 4 is 5.69 Å². The Labute approximate surface area is 87.0 Å². The van der Waals surface area contributed by atoms with Crippen molar-refractivity contribution in [1.29, 1.82) is 0 Å². The van der Waals surface area contributed by atoms with Crippen LogP contribution in [0.3, 0.4) is 0 Å². The molecule has 6 nitrogen and oxygen atoms in total. The highest BCUT2D eigenvalue weighted by Crippen LogP contribution is 2.64. The molecule has 1 aromatic rings. The number of rotatable bonds is 3. The van der Waals surface area contributed by atoms with Crippen LogP contribution in [0.4, 0.5) is 5.69 Å². The molecule has 15 heavy (non-hydrogen) atoms. The number of nitrogens with zero attached hydrogens (tertiary/aromatic N) is 2. The molecule has 0 aliphatic heterocycles. The van der Waals surface area contributed by atoms with E-state index in [-0.39, 0.29) is 17.0 Å². The van der Waals surface area contributed by atoms with Crippen LogP contribution >= 0.6 is 0 Å². The molecule has 0 amide bonds. The molecule has 3 N–H and O–H groups in total. The normalized spacial score (nSPS) is 27.7. The van der Waals surface area contributed by atoms with Gasteiger partial charge in [0.1, 0.15) is 11.9 Å². The average Bonchev–Trinajstić information content (AvgIpc) is 2.57. The molecular formula is C9H14N4O2. The first-order valence-electron chi connectivity index (χ1n) is 4.88. The van der Waals surface area contributed by atoms with Crippen LogP contribution in [-0.4, -0.2) is 21.7 Å². The maximum atomic E-state index is 10.7. The molecule has 1 heterocycles. The molecule has 1 aliphatic rings. The van der Waals surface area contributed by atoms with E-state index in [9.17, 15) is 10.1 Å². The maximum Gasteiger partial charge on any atom is 0.310 e. The predicted octanol–water partition coefficient (Wildman–Crippen LogP) is 1.02. The fraction of sp³-hybridized carbons (Fsp3) is 0.667. The lowest BCUT2D eigenvalue weighted by atomic mass is 10.1. The van der Waals surface area contributed by atoms with Crippen molar-refractivity contribution in [2.24, 2.45) is 17.1 Å². The smallest absolute Gasteiger partial charge is 0.310 e. The second-order valence-electron chi connectivity index (χ2n) is 4.57. The molecule has 1 saturated carbocycles. The van der Waals surface area contributed by atoms with Gasteiger partial charge in [0.2, 0.25) is 0 Å². The van der Waals surface area contributed by atoms with Gasteiger partial charge in [-0.3, -0.25) is 15.2 Å². The summed E-state index contributed by atoms with van der Waals surface area (Å²) in [7, 11) is 0. The summed E-state index contributed by atoms with van der Waals surface area (Å²) in [5, 5.41) is 17.2. The molecular weight excluding hydrogens is 196 g/mol. The Balaban J connectivity index is 2.33. The van der Waals surface area contributed by atoms with Crippen molar-refractivity contribution in [2.45, 2.75) is 19.8 Å². The van der Waals surface area contributed by atoms with Crippen molar-refractivity contribution in [2.75, 3.05) is 6.54 Å². The monoisotopic (exact) mass is 210 g/mol. The fourth-order valence-electron chi connectivity index (χ4n) is 2.42. The number of nitro groups is 1. The van der Waals surface area contributed by atoms with E-state index in [2.05, 4.69) is 24.0 Å². The molecule has 6 heteroatoms. The van der Waals surface area contributed by atoms with Crippen molar-refractivity contribution in [3.8, 4) is 0 Å². The zero-order chi connectivity index (χ0) is 11.2. The van der Waals surface area contributed by atoms with E-state index in [1.54, 1.807) is 0 Å². The van der Waals surface area contributed by atoms with Crippen molar-refractivity contribution in [1.82, 2.24) is 10.2 Å². The van der Waals surface area contributed by atoms with Crippen LogP contribution in [0.5, 0.6) is 0 Å². The molecule has 0 unspecified atom stereocenters. The highest BCUT2D eigenvalue weighted by atomic mass is 16.6. The van der Waals surface area contributed by atoms with Crippen LogP contribution < -0.4 is 5.73 Å². The van der Waals surface area contributed by atoms with E-state index < -0.39 is 4.92 Å². The lowest BCUT2D eigenvalue weighted by Crippen LogP contribution is -2.05. The maximum absolute atomic E-state index is 10.7. The summed E-state index contributed by atoms with van der Waals surface area (Å²) in [6, 6.07) is 0. The zero-order valence-corrected chi connectivity index (χ0v) is 8.73. The Bertz CT molecular complexity index is 399. The summed E-state index contributed by atoms with van der Waals surface area (Å²) in [4.78, 5) is 10.3. The molecule has 0 aromatic carbocycles. The number of H-pyrrole nitrogens is 1. The van der Waals surface area contributed by atoms with Crippen molar-refractivity contribution < 1.29 is 4.92 Å². The van der Waals surface area contributed by atoms with Gasteiger partial charge in [0.05, 0.1) is 4.92 Å². The molecule has 1 aromatic heterocycles. The minimum atomic E-state index is -0.402. The first kappa shape index (κ1) is 10.1. The number of nitrogens with one attached hydrogen (secondary N) is 1. The summed E-state index contributed by atoms with van der Waals surface area (Å²) < 4.78 is 0. The number of hydrogen-bond acceptors (Lipinski definition) is 4. The van der Waals surface area contributed by atoms with E-state index in [4.69, 9.17) is 5.73 Å². The van der Waals surface area contributed by atoms with E-state index in [1.807, 2.05) is 0 Å². The lowest BCUT2D eigenvalue weighted by molar-refractivity contribution is -0.385. The summed E-state index contributed by atoms with van der Waals surface area (Å²) >= 11 is 0. The fourth-order valence-corrected chi connectivity index (χ4v) is 2.42. The van der Waals surface area contributed by atoms with Gasteiger partial charge in [-0.25, -0.2) is 0 Å². The standard InChI is InChI=1S/C9H14N4O2/c1-9(2)5(3-10)7(9)8-6(13(14)15)4-11-12-8/h4-5,7H,3,10H2,1-2H3,(H,11,12)/t5-,7+/m1/s1. The summed E-state index contributed by atoms with van der Waals surface area (Å²) in [5.74, 6) is 0.432. The van der Waals surface area contributed by atoms with E-state index in [0.29, 0.717) is 18.2 Å². The highest BCUT2D eigenvalue weighted by Gasteiger charge is 2.60. The van der Waals surface area contributed by atoms with Crippen LogP contribution in [0.25, 0.3) is 0 Å². The van der Waals surface area contributed by atoms with Crippen LogP contribution in [0, 0.1) is 21.4 Å². The number of nitrogens with two attached hydrogens (primary N) is 1. The van der Waals surface area contributed by atoms with Crippen molar-refractivity contribution in [3.63, 3.8) is 0 Å². The second-order valence-corrected chi connectivity index (χ2v) is 4.57.